The number of ether oxygens (including phenoxy) is 11. The van der Waals surface area contributed by atoms with Gasteiger partial charge in [-0.1, -0.05) is 27.7 Å². The number of fused-ring (bicyclic) bond motifs is 2. The van der Waals surface area contributed by atoms with E-state index in [1.54, 1.807) is 0 Å². The van der Waals surface area contributed by atoms with Crippen molar-refractivity contribution in [1.29, 1.82) is 0 Å². The summed E-state index contributed by atoms with van der Waals surface area (Å²) in [5, 5.41) is 78.4. The molecule has 7 amide bonds. The van der Waals surface area contributed by atoms with E-state index >= 15 is 0 Å². The molecule has 0 bridgehead atoms. The van der Waals surface area contributed by atoms with Crippen molar-refractivity contribution < 1.29 is 140 Å². The molecule has 9 rings (SSSR count). The fraction of sp³-hybridized carbons (Fsp3) is 0.839. The van der Waals surface area contributed by atoms with Gasteiger partial charge in [0.25, 0.3) is 0 Å². The Bertz CT molecular complexity index is 3410. The number of carbonyl (C=O) groups excluding carboxylic acids is 12. The Morgan fingerprint density at radius 1 is 0.496 bits per heavy atom. The van der Waals surface area contributed by atoms with Crippen LogP contribution in [0.1, 0.15) is 214 Å². The number of ketones is 3. The summed E-state index contributed by atoms with van der Waals surface area (Å²) < 4.78 is 63.9. The number of hydrogen-bond acceptors (Lipinski definition) is 29. The number of carbonyl (C=O) groups is 12. The maximum Gasteiger partial charge on any atom is 0.334 e. The Balaban J connectivity index is 0.764. The van der Waals surface area contributed by atoms with E-state index in [0.29, 0.717) is 69.8 Å². The van der Waals surface area contributed by atoms with E-state index in [4.69, 9.17) is 52.1 Å². The zero-order valence-corrected chi connectivity index (χ0v) is 72.5. The summed E-state index contributed by atoms with van der Waals surface area (Å²) in [7, 11) is 0. The van der Waals surface area contributed by atoms with Crippen LogP contribution in [0, 0.1) is 51.8 Å². The molecule has 0 aromatic rings. The van der Waals surface area contributed by atoms with Gasteiger partial charge in [-0.2, -0.15) is 0 Å². The standard InChI is InChI=1S/C87H139N7O29/c1-54(2)68-42-70-55(3)87(70)84(4)24-19-67-69(50-119-83(67)112)71(84)35-56-43-86(56,87)82(68)123-79(109)18-17-78(108)94-85(52-114-33-22-76(106)92-29-9-26-89-73(103)15-6-12-58(97)45-117-48-65-38-61(100)40-80(110)121-65,53-115-34-23-77(107)93-30-10-27-90-74(104)16-7-13-59(98)46-118-49-66-39-62(101)41-81(111)122-66)51-113-32-21-75(105)91-28-8-25-88-72(102)14-5-11-57(96)44-116-47-64-37-60(99)36-63(120-64)20-31-95/h54-56,60-66,68,70-71,80-82,95,99-101,110-111H,5-53H2,1-4H3,(H,88,102)(H,89,103)(H,90,104)(H,91,105)(H,92,106)(H,93,107)(H,94,108)/t55-,56-,60-,61+,62+,63?,64+,65+,66+,68?,70?,71?,80?,81?,82-,84+,85?,86+,87+/m1/s1. The number of nitrogens with one attached hydrogen (secondary N) is 7. The van der Waals surface area contributed by atoms with E-state index in [9.17, 15) is 88.2 Å². The number of hydrogen-bond donors (Lipinski definition) is 13. The molecule has 4 heterocycles. The summed E-state index contributed by atoms with van der Waals surface area (Å²) >= 11 is 0. The normalized spacial score (nSPS) is 29.6. The predicted octanol–water partition coefficient (Wildman–Crippen LogP) is 1.50. The Labute approximate surface area is 720 Å². The van der Waals surface area contributed by atoms with Crippen LogP contribution in [0.15, 0.2) is 11.1 Å². The summed E-state index contributed by atoms with van der Waals surface area (Å²) in [6.45, 7) is 8.76. The lowest BCUT2D eigenvalue weighted by atomic mass is 9.44. The summed E-state index contributed by atoms with van der Waals surface area (Å²) in [6, 6.07) is 0. The fourth-order valence-corrected chi connectivity index (χ4v) is 20.4. The van der Waals surface area contributed by atoms with Gasteiger partial charge in [0.2, 0.25) is 41.4 Å². The van der Waals surface area contributed by atoms with E-state index in [1.165, 1.54) is 0 Å². The van der Waals surface area contributed by atoms with Gasteiger partial charge in [-0.15, -0.1) is 0 Å². The lowest BCUT2D eigenvalue weighted by Crippen LogP contribution is -2.59. The Hall–Kier alpha value is -6.62. The smallest absolute Gasteiger partial charge is 0.334 e. The van der Waals surface area contributed by atoms with Crippen LogP contribution >= 0.6 is 0 Å². The van der Waals surface area contributed by atoms with Gasteiger partial charge in [-0.05, 0) is 135 Å². The first kappa shape index (κ1) is 100. The van der Waals surface area contributed by atoms with Gasteiger partial charge < -0.3 is 120 Å². The van der Waals surface area contributed by atoms with Crippen LogP contribution < -0.4 is 37.2 Å². The third-order valence-corrected chi connectivity index (χ3v) is 26.2. The van der Waals surface area contributed by atoms with E-state index in [-0.39, 0.29) is 327 Å². The number of aliphatic hydroxyl groups excluding tert-OH is 6. The molecule has 3 saturated heterocycles. The largest absolute Gasteiger partial charge is 0.461 e. The Kier molecular flexibility index (Phi) is 40.4. The van der Waals surface area contributed by atoms with Crippen LogP contribution in [-0.2, 0) is 110 Å². The second-order valence-corrected chi connectivity index (χ2v) is 35.9. The lowest BCUT2D eigenvalue weighted by molar-refractivity contribution is -0.201. The Morgan fingerprint density at radius 2 is 0.919 bits per heavy atom. The number of rotatable bonds is 59. The van der Waals surface area contributed by atoms with Gasteiger partial charge in [-0.25, -0.2) is 4.79 Å². The SMILES string of the molecule is CC(C)C1CC2[C@@H](C)[C@]23[C@]2(C[C@H]2CC2C4=C(CC[C@@]23C)C(=O)OC4)[C@@H]1OC(=O)CCC(=O)NC(COCCC(=O)NCCCNC(=O)CCCC(=O)COC[C@@H]1C[C@H](O)CC(O)O1)(COCCC(=O)NCCCNC(=O)CCCC(=O)COC[C@@H]1C[C@H](O)CC(O)O1)COCCC(=O)NCCCNC(=O)CCCC(=O)COC[C@@H]1C[C@H](O)CC(CCO)O1. The summed E-state index contributed by atoms with van der Waals surface area (Å²) in [4.78, 5) is 157. The van der Waals surface area contributed by atoms with Crippen molar-refractivity contribution in [1.82, 2.24) is 37.2 Å². The molecule has 36 nitrogen and oxygen atoms in total. The van der Waals surface area contributed by atoms with Crippen molar-refractivity contribution in [2.24, 2.45) is 51.8 Å². The van der Waals surface area contributed by atoms with E-state index in [1.807, 2.05) is 0 Å². The first-order valence-electron chi connectivity index (χ1n) is 45.0. The van der Waals surface area contributed by atoms with E-state index in [0.717, 1.165) is 36.8 Å². The van der Waals surface area contributed by atoms with Gasteiger partial charge in [0.15, 0.2) is 29.9 Å². The van der Waals surface area contributed by atoms with Gasteiger partial charge >= 0.3 is 11.9 Å². The molecule has 0 aromatic heterocycles. The van der Waals surface area contributed by atoms with Crippen LogP contribution in [-0.4, -0.2) is 300 Å². The third kappa shape index (κ3) is 30.0. The molecule has 36 heteroatoms. The van der Waals surface area contributed by atoms with Gasteiger partial charge in [-0.3, -0.25) is 52.7 Å². The van der Waals surface area contributed by atoms with Crippen molar-refractivity contribution in [2.75, 3.05) is 132 Å². The first-order valence-corrected chi connectivity index (χ1v) is 45.0. The molecule has 18 atom stereocenters. The lowest BCUT2D eigenvalue weighted by Gasteiger charge is -2.60. The monoisotopic (exact) mass is 1750 g/mol. The summed E-state index contributed by atoms with van der Waals surface area (Å²) in [5.41, 5.74) is -0.0691. The molecule has 0 radical (unpaired) electrons. The highest BCUT2D eigenvalue weighted by Gasteiger charge is 2.91. The quantitative estimate of drug-likeness (QED) is 0.0303. The van der Waals surface area contributed by atoms with Crippen LogP contribution in [0.25, 0.3) is 0 Å². The molecule has 696 valence electrons. The second kappa shape index (κ2) is 49.6. The number of aliphatic hydroxyl groups is 6. The highest BCUT2D eigenvalue weighted by Crippen LogP contribution is 2.94. The minimum atomic E-state index is -1.57. The molecular weight excluding hydrogens is 1610 g/mol. The summed E-state index contributed by atoms with van der Waals surface area (Å²) in [6.07, 6.45) is 1.23. The average molecular weight is 1750 g/mol. The molecule has 7 fully saturated rings. The van der Waals surface area contributed by atoms with E-state index in [2.05, 4.69) is 64.9 Å². The van der Waals surface area contributed by atoms with E-state index < -0.39 is 84.5 Å². The van der Waals surface area contributed by atoms with Gasteiger partial charge in [0.1, 0.15) is 38.1 Å². The van der Waals surface area contributed by atoms with Crippen LogP contribution in [0.4, 0.5) is 0 Å². The fourth-order valence-electron chi connectivity index (χ4n) is 20.4. The highest BCUT2D eigenvalue weighted by molar-refractivity contribution is 5.92. The van der Waals surface area contributed by atoms with Crippen molar-refractivity contribution in [3.05, 3.63) is 11.1 Å². The van der Waals surface area contributed by atoms with Crippen molar-refractivity contribution >= 4 is 70.6 Å². The van der Waals surface area contributed by atoms with Gasteiger partial charge in [0.05, 0.1) is 109 Å². The van der Waals surface area contributed by atoms with Crippen molar-refractivity contribution in [2.45, 2.75) is 281 Å². The van der Waals surface area contributed by atoms with Crippen molar-refractivity contribution in [3.63, 3.8) is 0 Å². The molecule has 13 N–H and O–H groups in total. The van der Waals surface area contributed by atoms with Crippen LogP contribution in [0.3, 0.4) is 0 Å². The minimum Gasteiger partial charge on any atom is -0.461 e. The molecule has 5 aliphatic carbocycles. The maximum absolute atomic E-state index is 14.6. The van der Waals surface area contributed by atoms with Crippen LogP contribution in [0.2, 0.25) is 0 Å². The number of esters is 2. The molecular formula is C87H139N7O29. The molecule has 0 aromatic carbocycles. The second-order valence-electron chi connectivity index (χ2n) is 35.9. The molecule has 4 saturated carbocycles. The van der Waals surface area contributed by atoms with Crippen LogP contribution in [0.5, 0.6) is 0 Å². The Morgan fingerprint density at radius 3 is 1.35 bits per heavy atom. The topological polar surface area (TPSA) is 512 Å². The van der Waals surface area contributed by atoms with Crippen molar-refractivity contribution in [3.8, 4) is 0 Å². The molecule has 2 spiro atoms. The number of cyclic esters (lactones) is 1. The molecule has 6 unspecified atom stereocenters. The molecule has 9 aliphatic rings. The average Bonchev–Trinajstić information content (AvgIpc) is 1.43. The number of Topliss-reactive ketones (excluding diaryl/α,β-unsaturated/α-hetero) is 3. The molecule has 123 heavy (non-hydrogen) atoms. The molecule has 4 aliphatic heterocycles. The zero-order chi connectivity index (χ0) is 88.7. The minimum absolute atomic E-state index is 0.0267. The summed E-state index contributed by atoms with van der Waals surface area (Å²) in [5.74, 6) is -2.40. The third-order valence-electron chi connectivity index (χ3n) is 26.2. The first-order chi connectivity index (χ1) is 59.0. The predicted molar refractivity (Wildman–Crippen MR) is 437 cm³/mol. The highest BCUT2D eigenvalue weighted by atomic mass is 16.6. The number of amides is 7. The maximum atomic E-state index is 14.6. The van der Waals surface area contributed by atoms with Gasteiger partial charge in [0, 0.05) is 153 Å². The zero-order valence-electron chi connectivity index (χ0n) is 72.5.